The normalized spacial score (nSPS) is 32.3. The van der Waals surface area contributed by atoms with Gasteiger partial charge in [-0.15, -0.1) is 0 Å². The van der Waals surface area contributed by atoms with E-state index >= 15 is 0 Å². The number of Topliss-reactive ketones (excluding diaryl/α,β-unsaturated/α-hetero) is 1. The van der Waals surface area contributed by atoms with Crippen LogP contribution >= 0.6 is 0 Å². The van der Waals surface area contributed by atoms with Gasteiger partial charge in [0.1, 0.15) is 5.78 Å². The largest absolute Gasteiger partial charge is 0.330 e. The van der Waals surface area contributed by atoms with Crippen LogP contribution in [0.1, 0.15) is 51.4 Å². The molecular weight excluding hydrogens is 186 g/mol. The van der Waals surface area contributed by atoms with Crippen molar-refractivity contribution in [2.24, 2.45) is 23.5 Å². The summed E-state index contributed by atoms with van der Waals surface area (Å²) in [7, 11) is 0. The predicted molar refractivity (Wildman–Crippen MR) is 61.5 cm³/mol. The van der Waals surface area contributed by atoms with Gasteiger partial charge in [0.2, 0.25) is 0 Å². The molecule has 2 N–H and O–H groups in total. The van der Waals surface area contributed by atoms with Gasteiger partial charge >= 0.3 is 0 Å². The van der Waals surface area contributed by atoms with E-state index in [1.165, 1.54) is 38.5 Å². The molecular formula is C13H23NO. The zero-order chi connectivity index (χ0) is 10.7. The Morgan fingerprint density at radius 2 is 1.80 bits per heavy atom. The summed E-state index contributed by atoms with van der Waals surface area (Å²) >= 11 is 0. The molecule has 0 aromatic heterocycles. The molecule has 0 saturated heterocycles. The summed E-state index contributed by atoms with van der Waals surface area (Å²) in [6.07, 6.45) is 9.58. The van der Waals surface area contributed by atoms with Crippen molar-refractivity contribution in [3.8, 4) is 0 Å². The third-order valence-electron chi connectivity index (χ3n) is 4.34. The van der Waals surface area contributed by atoms with E-state index in [-0.39, 0.29) is 0 Å². The second-order valence-corrected chi connectivity index (χ2v) is 5.35. The van der Waals surface area contributed by atoms with E-state index in [1.54, 1.807) is 0 Å². The van der Waals surface area contributed by atoms with Gasteiger partial charge < -0.3 is 5.73 Å². The number of carbonyl (C=O) groups is 1. The number of carbonyl (C=O) groups excluding carboxylic acids is 1. The fourth-order valence-electron chi connectivity index (χ4n) is 3.39. The van der Waals surface area contributed by atoms with Crippen LogP contribution in [0.4, 0.5) is 0 Å². The number of hydrogen-bond donors (Lipinski definition) is 1. The van der Waals surface area contributed by atoms with Crippen LogP contribution in [-0.2, 0) is 4.79 Å². The molecule has 0 heterocycles. The third kappa shape index (κ3) is 2.60. The first-order valence-corrected chi connectivity index (χ1v) is 6.54. The van der Waals surface area contributed by atoms with Gasteiger partial charge in [-0.05, 0) is 31.2 Å². The van der Waals surface area contributed by atoms with Gasteiger partial charge in [0.05, 0.1) is 0 Å². The highest BCUT2D eigenvalue weighted by Crippen LogP contribution is 2.35. The second-order valence-electron chi connectivity index (χ2n) is 5.35. The Morgan fingerprint density at radius 1 is 1.07 bits per heavy atom. The predicted octanol–water partition coefficient (Wildman–Crippen LogP) is 2.51. The van der Waals surface area contributed by atoms with E-state index in [0.29, 0.717) is 30.1 Å². The van der Waals surface area contributed by atoms with Gasteiger partial charge in [-0.2, -0.15) is 0 Å². The minimum absolute atomic E-state index is 0.315. The van der Waals surface area contributed by atoms with Crippen LogP contribution in [0.3, 0.4) is 0 Å². The lowest BCUT2D eigenvalue weighted by molar-refractivity contribution is -0.124. The summed E-state index contributed by atoms with van der Waals surface area (Å²) in [6.45, 7) is 0.709. The Hall–Kier alpha value is -0.370. The molecule has 86 valence electrons. The summed E-state index contributed by atoms with van der Waals surface area (Å²) in [5.74, 6) is 2.04. The standard InChI is InChI=1S/C13H23NO/c14-9-11-6-3-7-12(11)13(15)8-10-4-1-2-5-10/h10-12H,1-9,14H2. The molecule has 0 bridgehead atoms. The molecule has 2 heteroatoms. The molecule has 15 heavy (non-hydrogen) atoms. The molecule has 2 aliphatic rings. The molecule has 2 nitrogen and oxygen atoms in total. The van der Waals surface area contributed by atoms with Crippen LogP contribution in [0, 0.1) is 17.8 Å². The lowest BCUT2D eigenvalue weighted by atomic mass is 9.87. The van der Waals surface area contributed by atoms with E-state index < -0.39 is 0 Å². The van der Waals surface area contributed by atoms with E-state index in [0.717, 1.165) is 12.8 Å². The van der Waals surface area contributed by atoms with Crippen molar-refractivity contribution in [2.75, 3.05) is 6.54 Å². The molecule has 0 aromatic rings. The number of hydrogen-bond acceptors (Lipinski definition) is 2. The monoisotopic (exact) mass is 209 g/mol. The number of nitrogens with two attached hydrogens (primary N) is 1. The second kappa shape index (κ2) is 5.11. The summed E-state index contributed by atoms with van der Waals surface area (Å²) in [4.78, 5) is 12.1. The Kier molecular flexibility index (Phi) is 3.79. The average molecular weight is 209 g/mol. The SMILES string of the molecule is NCC1CCCC1C(=O)CC1CCCC1. The van der Waals surface area contributed by atoms with Crippen LogP contribution in [-0.4, -0.2) is 12.3 Å². The lowest BCUT2D eigenvalue weighted by Gasteiger charge is -2.18. The van der Waals surface area contributed by atoms with Crippen molar-refractivity contribution in [3.05, 3.63) is 0 Å². The van der Waals surface area contributed by atoms with Crippen molar-refractivity contribution in [2.45, 2.75) is 51.4 Å². The maximum Gasteiger partial charge on any atom is 0.136 e. The van der Waals surface area contributed by atoms with Crippen LogP contribution in [0.5, 0.6) is 0 Å². The molecule has 2 saturated carbocycles. The fraction of sp³-hybridized carbons (Fsp3) is 0.923. The lowest BCUT2D eigenvalue weighted by Crippen LogP contribution is -2.26. The van der Waals surface area contributed by atoms with Crippen molar-refractivity contribution in [1.82, 2.24) is 0 Å². The third-order valence-corrected chi connectivity index (χ3v) is 4.34. The molecule has 2 fully saturated rings. The zero-order valence-electron chi connectivity index (χ0n) is 9.58. The van der Waals surface area contributed by atoms with Gasteiger partial charge in [-0.3, -0.25) is 4.79 Å². The van der Waals surface area contributed by atoms with Gasteiger partial charge in [0.25, 0.3) is 0 Å². The molecule has 2 unspecified atom stereocenters. The topological polar surface area (TPSA) is 43.1 Å². The molecule has 0 amide bonds. The van der Waals surface area contributed by atoms with Crippen molar-refractivity contribution >= 4 is 5.78 Å². The van der Waals surface area contributed by atoms with Crippen molar-refractivity contribution < 1.29 is 4.79 Å². The van der Waals surface area contributed by atoms with Gasteiger partial charge in [-0.1, -0.05) is 32.1 Å². The van der Waals surface area contributed by atoms with Crippen molar-refractivity contribution in [3.63, 3.8) is 0 Å². The summed E-state index contributed by atoms with van der Waals surface area (Å²) in [5.41, 5.74) is 5.72. The first-order valence-electron chi connectivity index (χ1n) is 6.54. The molecule has 0 radical (unpaired) electrons. The van der Waals surface area contributed by atoms with Crippen molar-refractivity contribution in [1.29, 1.82) is 0 Å². The van der Waals surface area contributed by atoms with E-state index in [1.807, 2.05) is 0 Å². The van der Waals surface area contributed by atoms with E-state index in [2.05, 4.69) is 0 Å². The average Bonchev–Trinajstić information content (AvgIpc) is 2.86. The van der Waals surface area contributed by atoms with Crippen LogP contribution in [0.15, 0.2) is 0 Å². The van der Waals surface area contributed by atoms with Gasteiger partial charge in [-0.25, -0.2) is 0 Å². The minimum Gasteiger partial charge on any atom is -0.330 e. The van der Waals surface area contributed by atoms with Crippen LogP contribution in [0.2, 0.25) is 0 Å². The number of ketones is 1. The Balaban J connectivity index is 1.83. The maximum absolute atomic E-state index is 12.1. The molecule has 2 atom stereocenters. The number of rotatable bonds is 4. The summed E-state index contributed by atoms with van der Waals surface area (Å²) < 4.78 is 0. The van der Waals surface area contributed by atoms with Crippen LogP contribution in [0.25, 0.3) is 0 Å². The smallest absolute Gasteiger partial charge is 0.136 e. The summed E-state index contributed by atoms with van der Waals surface area (Å²) in [6, 6.07) is 0. The molecule has 0 aromatic carbocycles. The van der Waals surface area contributed by atoms with E-state index in [4.69, 9.17) is 5.73 Å². The quantitative estimate of drug-likeness (QED) is 0.773. The Morgan fingerprint density at radius 3 is 2.47 bits per heavy atom. The van der Waals surface area contributed by atoms with Gasteiger partial charge in [0, 0.05) is 12.3 Å². The Bertz CT molecular complexity index is 221. The zero-order valence-corrected chi connectivity index (χ0v) is 9.58. The van der Waals surface area contributed by atoms with E-state index in [9.17, 15) is 4.79 Å². The van der Waals surface area contributed by atoms with Crippen LogP contribution < -0.4 is 5.73 Å². The first-order chi connectivity index (χ1) is 7.31. The highest BCUT2D eigenvalue weighted by atomic mass is 16.1. The minimum atomic E-state index is 0.315. The first kappa shape index (κ1) is 11.1. The van der Waals surface area contributed by atoms with Gasteiger partial charge in [0.15, 0.2) is 0 Å². The fourth-order valence-corrected chi connectivity index (χ4v) is 3.39. The molecule has 0 spiro atoms. The Labute approximate surface area is 92.6 Å². The molecule has 2 rings (SSSR count). The highest BCUT2D eigenvalue weighted by Gasteiger charge is 2.33. The summed E-state index contributed by atoms with van der Waals surface area (Å²) in [5, 5.41) is 0. The maximum atomic E-state index is 12.1. The molecule has 0 aliphatic heterocycles. The molecule has 2 aliphatic carbocycles. The highest BCUT2D eigenvalue weighted by molar-refractivity contribution is 5.81.